The van der Waals surface area contributed by atoms with Crippen LogP contribution >= 0.6 is 0 Å². The van der Waals surface area contributed by atoms with Gasteiger partial charge in [-0.1, -0.05) is 12.8 Å². The van der Waals surface area contributed by atoms with Gasteiger partial charge in [0, 0.05) is 45.5 Å². The molecule has 2 fully saturated rings. The Hall–Kier alpha value is -2.73. The third kappa shape index (κ3) is 3.60. The first-order valence-electron chi connectivity index (χ1n) is 11.0. The van der Waals surface area contributed by atoms with Crippen LogP contribution in [0.2, 0.25) is 0 Å². The normalized spacial score (nSPS) is 19.2. The number of nitrogens with zero attached hydrogens (tertiary/aromatic N) is 7. The molecule has 0 atom stereocenters. The average molecular weight is 461 g/mol. The van der Waals surface area contributed by atoms with Crippen LogP contribution in [0.1, 0.15) is 44.6 Å². The molecular formula is C20H28N8O3S. The highest BCUT2D eigenvalue weighted by Gasteiger charge is 2.31. The lowest BCUT2D eigenvalue weighted by molar-refractivity contribution is 0.329. The third-order valence-electron chi connectivity index (χ3n) is 6.62. The number of hydrogen-bond donors (Lipinski definition) is 1. The smallest absolute Gasteiger partial charge is 0.330 e. The lowest BCUT2D eigenvalue weighted by atomic mass is 10.1. The molecule has 1 saturated carbocycles. The van der Waals surface area contributed by atoms with Crippen molar-refractivity contribution in [1.29, 1.82) is 0 Å². The Morgan fingerprint density at radius 2 is 1.78 bits per heavy atom. The molecule has 0 bridgehead atoms. The van der Waals surface area contributed by atoms with Gasteiger partial charge in [-0.2, -0.15) is 14.4 Å². The summed E-state index contributed by atoms with van der Waals surface area (Å²) in [5, 5.41) is 7.30. The maximum atomic E-state index is 12.8. The van der Waals surface area contributed by atoms with Crippen molar-refractivity contribution in [2.24, 2.45) is 14.1 Å². The largest absolute Gasteiger partial charge is 0.351 e. The second-order valence-corrected chi connectivity index (χ2v) is 10.7. The fourth-order valence-corrected chi connectivity index (χ4v) is 6.28. The van der Waals surface area contributed by atoms with E-state index in [1.165, 1.54) is 21.4 Å². The zero-order valence-corrected chi connectivity index (χ0v) is 19.1. The van der Waals surface area contributed by atoms with Gasteiger partial charge in [0.25, 0.3) is 0 Å². The van der Waals surface area contributed by atoms with Crippen LogP contribution in [-0.4, -0.2) is 60.7 Å². The molecule has 1 N–H and O–H groups in total. The molecule has 0 aromatic carbocycles. The van der Waals surface area contributed by atoms with Gasteiger partial charge in [-0.15, -0.1) is 0 Å². The highest BCUT2D eigenvalue weighted by Crippen LogP contribution is 2.31. The Morgan fingerprint density at radius 1 is 1.06 bits per heavy atom. The van der Waals surface area contributed by atoms with E-state index in [0.717, 1.165) is 31.2 Å². The Labute approximate surface area is 186 Å². The summed E-state index contributed by atoms with van der Waals surface area (Å²) in [7, 11) is -0.0891. The van der Waals surface area contributed by atoms with Gasteiger partial charge < -0.3 is 5.32 Å². The first-order chi connectivity index (χ1) is 15.3. The summed E-state index contributed by atoms with van der Waals surface area (Å²) in [5.74, 6) is 0.463. The van der Waals surface area contributed by atoms with Crippen LogP contribution in [0.25, 0.3) is 11.2 Å². The molecule has 0 spiro atoms. The van der Waals surface area contributed by atoms with Crippen molar-refractivity contribution in [1.82, 2.24) is 33.2 Å². The number of hydrogen-bond acceptors (Lipinski definition) is 7. The standard InChI is InChI=1S/C20H28N8O3S/c1-25-13-16(11-22-25)32(30,31)27-9-7-14(8-10-27)23-19-21-12-17-18(24-19)26(2)20(29)28(17)15-5-3-4-6-15/h11-15H,3-10H2,1-2H3,(H,21,23,24). The molecule has 0 unspecified atom stereocenters. The van der Waals surface area contributed by atoms with Crippen LogP contribution in [0.15, 0.2) is 28.3 Å². The van der Waals surface area contributed by atoms with Crippen molar-refractivity contribution in [2.45, 2.75) is 55.5 Å². The number of aryl methyl sites for hydroxylation is 2. The molecule has 172 valence electrons. The van der Waals surface area contributed by atoms with Gasteiger partial charge in [0.15, 0.2) is 5.65 Å². The van der Waals surface area contributed by atoms with Gasteiger partial charge in [-0.3, -0.25) is 13.8 Å². The Balaban J connectivity index is 1.30. The number of sulfonamides is 1. The highest BCUT2D eigenvalue weighted by molar-refractivity contribution is 7.89. The van der Waals surface area contributed by atoms with Crippen molar-refractivity contribution < 1.29 is 8.42 Å². The molecule has 12 heteroatoms. The molecular weight excluding hydrogens is 432 g/mol. The summed E-state index contributed by atoms with van der Waals surface area (Å²) in [6.45, 7) is 0.821. The minimum Gasteiger partial charge on any atom is -0.351 e. The van der Waals surface area contributed by atoms with Gasteiger partial charge in [-0.25, -0.2) is 18.2 Å². The van der Waals surface area contributed by atoms with E-state index in [1.54, 1.807) is 24.9 Å². The first-order valence-corrected chi connectivity index (χ1v) is 12.5. The number of rotatable bonds is 5. The number of anilines is 1. The van der Waals surface area contributed by atoms with E-state index < -0.39 is 10.0 Å². The van der Waals surface area contributed by atoms with Crippen molar-refractivity contribution >= 4 is 27.1 Å². The summed E-state index contributed by atoms with van der Waals surface area (Å²) in [4.78, 5) is 22.1. The van der Waals surface area contributed by atoms with Gasteiger partial charge in [-0.05, 0) is 25.7 Å². The number of imidazole rings is 1. The van der Waals surface area contributed by atoms with E-state index in [1.807, 2.05) is 4.57 Å². The van der Waals surface area contributed by atoms with E-state index in [2.05, 4.69) is 20.4 Å². The predicted molar refractivity (Wildman–Crippen MR) is 119 cm³/mol. The molecule has 3 aromatic heterocycles. The van der Waals surface area contributed by atoms with E-state index >= 15 is 0 Å². The molecule has 32 heavy (non-hydrogen) atoms. The predicted octanol–water partition coefficient (Wildman–Crippen LogP) is 1.24. The summed E-state index contributed by atoms with van der Waals surface area (Å²) in [6, 6.07) is 0.279. The zero-order chi connectivity index (χ0) is 22.5. The van der Waals surface area contributed by atoms with E-state index in [-0.39, 0.29) is 22.7 Å². The fraction of sp³-hybridized carbons (Fsp3) is 0.600. The van der Waals surface area contributed by atoms with Crippen molar-refractivity contribution in [3.63, 3.8) is 0 Å². The summed E-state index contributed by atoms with van der Waals surface area (Å²) in [5.41, 5.74) is 1.34. The molecule has 11 nitrogen and oxygen atoms in total. The Morgan fingerprint density at radius 3 is 2.44 bits per heavy atom. The molecule has 5 rings (SSSR count). The SMILES string of the molecule is Cn1cc(S(=O)(=O)N2CCC(Nc3ncc4c(n3)n(C)c(=O)n4C3CCCC3)CC2)cn1. The number of aromatic nitrogens is 6. The van der Waals surface area contributed by atoms with Crippen LogP contribution in [0.3, 0.4) is 0 Å². The van der Waals surface area contributed by atoms with Gasteiger partial charge in [0.1, 0.15) is 10.4 Å². The number of nitrogens with one attached hydrogen (secondary N) is 1. The second-order valence-electron chi connectivity index (χ2n) is 8.72. The van der Waals surface area contributed by atoms with E-state index in [4.69, 9.17) is 0 Å². The van der Waals surface area contributed by atoms with Crippen molar-refractivity contribution in [3.05, 3.63) is 29.1 Å². The van der Waals surface area contributed by atoms with Crippen LogP contribution in [0.4, 0.5) is 5.95 Å². The fourth-order valence-electron chi connectivity index (χ4n) is 4.83. The topological polar surface area (TPSA) is 120 Å². The molecule has 0 amide bonds. The van der Waals surface area contributed by atoms with Crippen LogP contribution < -0.4 is 11.0 Å². The number of fused-ring (bicyclic) bond motifs is 1. The first kappa shape index (κ1) is 21.1. The molecule has 2 aliphatic rings. The minimum absolute atomic E-state index is 0.0488. The molecule has 4 heterocycles. The van der Waals surface area contributed by atoms with Gasteiger partial charge in [0.2, 0.25) is 16.0 Å². The lowest BCUT2D eigenvalue weighted by Gasteiger charge is -2.31. The summed E-state index contributed by atoms with van der Waals surface area (Å²) in [6.07, 6.45) is 10.2. The number of piperidine rings is 1. The monoisotopic (exact) mass is 460 g/mol. The van der Waals surface area contributed by atoms with Crippen molar-refractivity contribution in [3.8, 4) is 0 Å². The quantitative estimate of drug-likeness (QED) is 0.608. The van der Waals surface area contributed by atoms with Gasteiger partial charge in [0.05, 0.1) is 12.4 Å². The van der Waals surface area contributed by atoms with E-state index in [0.29, 0.717) is 37.5 Å². The molecule has 3 aromatic rings. The summed E-state index contributed by atoms with van der Waals surface area (Å²) < 4.78 is 32.0. The molecule has 1 aliphatic heterocycles. The minimum atomic E-state index is -3.53. The maximum Gasteiger partial charge on any atom is 0.330 e. The van der Waals surface area contributed by atoms with Gasteiger partial charge >= 0.3 is 5.69 Å². The van der Waals surface area contributed by atoms with Crippen LogP contribution in [-0.2, 0) is 24.1 Å². The molecule has 0 radical (unpaired) electrons. The Bertz CT molecular complexity index is 1290. The maximum absolute atomic E-state index is 12.8. The second kappa shape index (κ2) is 8.00. The Kier molecular flexibility index (Phi) is 5.28. The zero-order valence-electron chi connectivity index (χ0n) is 18.3. The molecule has 1 saturated heterocycles. The summed E-state index contributed by atoms with van der Waals surface area (Å²) >= 11 is 0. The average Bonchev–Trinajstić information content (AvgIpc) is 3.51. The van der Waals surface area contributed by atoms with E-state index in [9.17, 15) is 13.2 Å². The van der Waals surface area contributed by atoms with Crippen LogP contribution in [0.5, 0.6) is 0 Å². The van der Waals surface area contributed by atoms with Crippen LogP contribution in [0, 0.1) is 0 Å². The molecule has 1 aliphatic carbocycles. The van der Waals surface area contributed by atoms with Crippen molar-refractivity contribution in [2.75, 3.05) is 18.4 Å². The lowest BCUT2D eigenvalue weighted by Crippen LogP contribution is -2.42. The third-order valence-corrected chi connectivity index (χ3v) is 8.47. The highest BCUT2D eigenvalue weighted by atomic mass is 32.2.